The minimum absolute atomic E-state index is 0.0360. The van der Waals surface area contributed by atoms with Gasteiger partial charge in [0.25, 0.3) is 0 Å². The molecule has 0 spiro atoms. The van der Waals surface area contributed by atoms with E-state index in [0.29, 0.717) is 18.5 Å². The second-order valence-electron chi connectivity index (χ2n) is 7.09. The van der Waals surface area contributed by atoms with Crippen LogP contribution in [0.4, 0.5) is 9.18 Å². The van der Waals surface area contributed by atoms with Crippen molar-refractivity contribution in [2.75, 3.05) is 13.2 Å². The molecule has 0 radical (unpaired) electrons. The van der Waals surface area contributed by atoms with E-state index in [2.05, 4.69) is 29.6 Å². The number of hydrogen-bond donors (Lipinski definition) is 1. The van der Waals surface area contributed by atoms with Crippen LogP contribution in [-0.4, -0.2) is 19.2 Å². The Morgan fingerprint density at radius 1 is 1.00 bits per heavy atom. The topological polar surface area (TPSA) is 38.3 Å². The Labute approximate surface area is 180 Å². The van der Waals surface area contributed by atoms with Crippen LogP contribution in [0.5, 0.6) is 0 Å². The standard InChI is InChI=1S/C25H21ClFNO2/c26-23-14-7-9-17(24(23)27)8-5-6-15-28-25(29)30-16-22-20-12-3-1-10-18(20)19-11-2-4-13-21(19)22/h1-5,7-14,22H,6,15-16H2,(H,28,29). The van der Waals surface area contributed by atoms with Gasteiger partial charge in [-0.05, 0) is 34.7 Å². The zero-order valence-electron chi connectivity index (χ0n) is 16.3. The van der Waals surface area contributed by atoms with Crippen LogP contribution in [0.15, 0.2) is 72.8 Å². The highest BCUT2D eigenvalue weighted by Gasteiger charge is 2.28. The summed E-state index contributed by atoms with van der Waals surface area (Å²) >= 11 is 5.76. The van der Waals surface area contributed by atoms with Crippen LogP contribution in [0.1, 0.15) is 29.0 Å². The molecule has 0 aliphatic heterocycles. The summed E-state index contributed by atoms with van der Waals surface area (Å²) in [5.41, 5.74) is 5.17. The molecule has 0 heterocycles. The summed E-state index contributed by atoms with van der Waals surface area (Å²) in [5.74, 6) is -0.409. The average molecular weight is 422 g/mol. The maximum Gasteiger partial charge on any atom is 0.407 e. The third-order valence-corrected chi connectivity index (χ3v) is 5.49. The molecule has 3 aromatic carbocycles. The van der Waals surface area contributed by atoms with Crippen LogP contribution in [0, 0.1) is 5.82 Å². The highest BCUT2D eigenvalue weighted by atomic mass is 35.5. The summed E-state index contributed by atoms with van der Waals surface area (Å²) in [7, 11) is 0. The largest absolute Gasteiger partial charge is 0.449 e. The molecule has 0 fully saturated rings. The first-order valence-corrected chi connectivity index (χ1v) is 10.2. The Morgan fingerprint density at radius 3 is 2.37 bits per heavy atom. The first-order valence-electron chi connectivity index (χ1n) is 9.84. The second-order valence-corrected chi connectivity index (χ2v) is 7.49. The van der Waals surface area contributed by atoms with Crippen LogP contribution in [0.25, 0.3) is 17.2 Å². The molecule has 152 valence electrons. The fourth-order valence-electron chi connectivity index (χ4n) is 3.77. The van der Waals surface area contributed by atoms with E-state index in [1.165, 1.54) is 28.3 Å². The van der Waals surface area contributed by atoms with Crippen molar-refractivity contribution >= 4 is 23.8 Å². The molecule has 0 saturated heterocycles. The predicted octanol–water partition coefficient (Wildman–Crippen LogP) is 6.42. The SMILES string of the molecule is O=C(NCCC=Cc1cccc(Cl)c1F)OCC1c2ccccc2-c2ccccc21. The number of fused-ring (bicyclic) bond motifs is 3. The minimum Gasteiger partial charge on any atom is -0.449 e. The van der Waals surface area contributed by atoms with Gasteiger partial charge in [-0.2, -0.15) is 0 Å². The molecule has 1 aliphatic carbocycles. The van der Waals surface area contributed by atoms with E-state index in [-0.39, 0.29) is 17.5 Å². The molecule has 0 bridgehead atoms. The van der Waals surface area contributed by atoms with Gasteiger partial charge in [0.15, 0.2) is 0 Å². The molecule has 0 saturated carbocycles. The van der Waals surface area contributed by atoms with E-state index in [1.54, 1.807) is 24.3 Å². The lowest BCUT2D eigenvalue weighted by Crippen LogP contribution is -2.26. The van der Waals surface area contributed by atoms with Crippen molar-refractivity contribution in [3.8, 4) is 11.1 Å². The number of benzene rings is 3. The van der Waals surface area contributed by atoms with Crippen LogP contribution < -0.4 is 5.32 Å². The Balaban J connectivity index is 1.28. The number of alkyl carbamates (subject to hydrolysis) is 1. The number of carbonyl (C=O) groups is 1. The summed E-state index contributed by atoms with van der Waals surface area (Å²) < 4.78 is 19.3. The third kappa shape index (κ3) is 4.24. The number of rotatable bonds is 6. The van der Waals surface area contributed by atoms with Gasteiger partial charge in [0, 0.05) is 18.0 Å². The van der Waals surface area contributed by atoms with Crippen LogP contribution in [0.2, 0.25) is 5.02 Å². The predicted molar refractivity (Wildman–Crippen MR) is 118 cm³/mol. The molecule has 0 aromatic heterocycles. The minimum atomic E-state index is -0.459. The fraction of sp³-hybridized carbons (Fsp3) is 0.160. The number of amides is 1. The maximum atomic E-state index is 13.8. The van der Waals surface area contributed by atoms with Gasteiger partial charge < -0.3 is 10.1 Å². The van der Waals surface area contributed by atoms with Crippen molar-refractivity contribution < 1.29 is 13.9 Å². The van der Waals surface area contributed by atoms with Crippen molar-refractivity contribution in [3.63, 3.8) is 0 Å². The monoisotopic (exact) mass is 421 g/mol. The van der Waals surface area contributed by atoms with Crippen molar-refractivity contribution in [3.05, 3.63) is 100 Å². The number of ether oxygens (including phenoxy) is 1. The Kier molecular flexibility index (Phi) is 6.15. The zero-order chi connectivity index (χ0) is 20.9. The van der Waals surface area contributed by atoms with Gasteiger partial charge in [-0.25, -0.2) is 9.18 Å². The van der Waals surface area contributed by atoms with Gasteiger partial charge in [0.1, 0.15) is 12.4 Å². The van der Waals surface area contributed by atoms with Crippen LogP contribution in [-0.2, 0) is 4.74 Å². The van der Waals surface area contributed by atoms with E-state index < -0.39 is 11.9 Å². The lowest BCUT2D eigenvalue weighted by Gasteiger charge is -2.14. The van der Waals surface area contributed by atoms with E-state index in [0.717, 1.165) is 0 Å². The highest BCUT2D eigenvalue weighted by Crippen LogP contribution is 2.44. The quantitative estimate of drug-likeness (QED) is 0.466. The van der Waals surface area contributed by atoms with E-state index in [9.17, 15) is 9.18 Å². The lowest BCUT2D eigenvalue weighted by molar-refractivity contribution is 0.143. The molecule has 1 N–H and O–H groups in total. The number of halogens is 2. The third-order valence-electron chi connectivity index (χ3n) is 5.20. The first-order chi connectivity index (χ1) is 14.6. The van der Waals surface area contributed by atoms with E-state index in [4.69, 9.17) is 16.3 Å². The molecule has 3 aromatic rings. The summed E-state index contributed by atoms with van der Waals surface area (Å²) in [6.07, 6.45) is 3.54. The van der Waals surface area contributed by atoms with Crippen molar-refractivity contribution in [1.29, 1.82) is 0 Å². The molecule has 0 unspecified atom stereocenters. The van der Waals surface area contributed by atoms with Crippen molar-refractivity contribution in [2.24, 2.45) is 0 Å². The van der Waals surface area contributed by atoms with Crippen molar-refractivity contribution in [1.82, 2.24) is 5.32 Å². The Morgan fingerprint density at radius 2 is 1.67 bits per heavy atom. The number of nitrogens with one attached hydrogen (secondary N) is 1. The smallest absolute Gasteiger partial charge is 0.407 e. The highest BCUT2D eigenvalue weighted by molar-refractivity contribution is 6.30. The van der Waals surface area contributed by atoms with Gasteiger partial charge in [-0.1, -0.05) is 84.4 Å². The normalized spacial score (nSPS) is 12.6. The summed E-state index contributed by atoms with van der Waals surface area (Å²) in [5, 5.41) is 2.83. The molecular formula is C25H21ClFNO2. The molecule has 4 rings (SSSR count). The molecule has 5 heteroatoms. The van der Waals surface area contributed by atoms with Gasteiger partial charge in [0.05, 0.1) is 5.02 Å². The molecule has 3 nitrogen and oxygen atoms in total. The molecular weight excluding hydrogens is 401 g/mol. The van der Waals surface area contributed by atoms with Gasteiger partial charge in [-0.3, -0.25) is 0 Å². The number of hydrogen-bond acceptors (Lipinski definition) is 2. The van der Waals surface area contributed by atoms with Gasteiger partial charge in [-0.15, -0.1) is 0 Å². The molecule has 30 heavy (non-hydrogen) atoms. The second kappa shape index (κ2) is 9.14. The van der Waals surface area contributed by atoms with Crippen LogP contribution >= 0.6 is 11.6 Å². The maximum absolute atomic E-state index is 13.8. The lowest BCUT2D eigenvalue weighted by atomic mass is 9.98. The first kappa shape index (κ1) is 20.2. The summed E-state index contributed by atoms with van der Waals surface area (Å²) in [4.78, 5) is 12.1. The Bertz CT molecular complexity index is 1050. The van der Waals surface area contributed by atoms with E-state index >= 15 is 0 Å². The fourth-order valence-corrected chi connectivity index (χ4v) is 3.95. The zero-order valence-corrected chi connectivity index (χ0v) is 17.0. The molecule has 1 amide bonds. The van der Waals surface area contributed by atoms with Gasteiger partial charge >= 0.3 is 6.09 Å². The van der Waals surface area contributed by atoms with Gasteiger partial charge in [0.2, 0.25) is 0 Å². The average Bonchev–Trinajstić information content (AvgIpc) is 3.09. The molecule has 0 atom stereocenters. The molecule has 1 aliphatic rings. The van der Waals surface area contributed by atoms with Crippen molar-refractivity contribution in [2.45, 2.75) is 12.3 Å². The summed E-state index contributed by atoms with van der Waals surface area (Å²) in [6, 6.07) is 21.3. The van der Waals surface area contributed by atoms with Crippen LogP contribution in [0.3, 0.4) is 0 Å². The summed E-state index contributed by atoms with van der Waals surface area (Å²) in [6.45, 7) is 0.679. The number of carbonyl (C=O) groups excluding carboxylic acids is 1. The van der Waals surface area contributed by atoms with E-state index in [1.807, 2.05) is 24.3 Å². The Hall–Kier alpha value is -3.11.